The third-order valence-corrected chi connectivity index (χ3v) is 4.33. The molecule has 0 aromatic carbocycles. The van der Waals surface area contributed by atoms with Crippen LogP contribution in [0.5, 0.6) is 0 Å². The van der Waals surface area contributed by atoms with Crippen molar-refractivity contribution >= 4 is 18.5 Å². The Hall–Kier alpha value is -0.180. The van der Waals surface area contributed by atoms with E-state index >= 15 is 0 Å². The first-order valence-electron chi connectivity index (χ1n) is 6.56. The predicted octanol–water partition coefficient (Wildman–Crippen LogP) is 3.12. The number of rotatable bonds is 3. The predicted molar refractivity (Wildman–Crippen MR) is 71.9 cm³/mol. The van der Waals surface area contributed by atoms with E-state index in [1.54, 1.807) is 0 Å². The molecule has 0 saturated carbocycles. The summed E-state index contributed by atoms with van der Waals surface area (Å²) >= 11 is 4.45. The lowest BCUT2D eigenvalue weighted by atomic mass is 10.0. The van der Waals surface area contributed by atoms with E-state index in [-0.39, 0.29) is 11.2 Å². The Kier molecular flexibility index (Phi) is 5.67. The maximum absolute atomic E-state index is 12.3. The summed E-state index contributed by atoms with van der Waals surface area (Å²) in [4.78, 5) is 14.4. The van der Waals surface area contributed by atoms with Gasteiger partial charge >= 0.3 is 0 Å². The van der Waals surface area contributed by atoms with Crippen molar-refractivity contribution < 1.29 is 4.79 Å². The van der Waals surface area contributed by atoms with Gasteiger partial charge in [0, 0.05) is 12.6 Å². The van der Waals surface area contributed by atoms with Crippen LogP contribution in [0.3, 0.4) is 0 Å². The quantitative estimate of drug-likeness (QED) is 0.755. The summed E-state index contributed by atoms with van der Waals surface area (Å²) in [5.74, 6) is 0.559. The number of amides is 1. The van der Waals surface area contributed by atoms with Gasteiger partial charge in [-0.25, -0.2) is 0 Å². The van der Waals surface area contributed by atoms with E-state index in [0.717, 1.165) is 19.4 Å². The molecule has 0 N–H and O–H groups in total. The van der Waals surface area contributed by atoms with Crippen LogP contribution in [0, 0.1) is 5.92 Å². The van der Waals surface area contributed by atoms with Crippen LogP contribution >= 0.6 is 12.6 Å². The largest absolute Gasteiger partial charge is 0.339 e. The fraction of sp³-hybridized carbons (Fsp3) is 0.923. The Bertz CT molecular complexity index is 230. The zero-order valence-electron chi connectivity index (χ0n) is 10.8. The second-order valence-electron chi connectivity index (χ2n) is 5.13. The zero-order chi connectivity index (χ0) is 12.1. The molecular weight excluding hydrogens is 218 g/mol. The molecule has 2 unspecified atom stereocenters. The van der Waals surface area contributed by atoms with Crippen LogP contribution < -0.4 is 0 Å². The van der Waals surface area contributed by atoms with Crippen molar-refractivity contribution in [2.75, 3.05) is 6.54 Å². The molecule has 94 valence electrons. The molecule has 1 saturated heterocycles. The minimum atomic E-state index is -0.132. The third-order valence-electron chi connectivity index (χ3n) is 3.52. The third kappa shape index (κ3) is 3.41. The van der Waals surface area contributed by atoms with Crippen molar-refractivity contribution in [3.05, 3.63) is 0 Å². The molecule has 0 radical (unpaired) electrons. The van der Waals surface area contributed by atoms with E-state index in [0.29, 0.717) is 12.0 Å². The molecule has 1 heterocycles. The molecule has 1 rings (SSSR count). The molecule has 1 aliphatic heterocycles. The first kappa shape index (κ1) is 13.9. The average molecular weight is 243 g/mol. The lowest BCUT2D eigenvalue weighted by molar-refractivity contribution is -0.133. The summed E-state index contributed by atoms with van der Waals surface area (Å²) in [5.41, 5.74) is 0. The highest BCUT2D eigenvalue weighted by molar-refractivity contribution is 7.81. The SMILES string of the molecule is CCC1CCCCCN1C(=O)C(S)C(C)C. The van der Waals surface area contributed by atoms with E-state index < -0.39 is 0 Å². The highest BCUT2D eigenvalue weighted by Gasteiger charge is 2.29. The Balaban J connectivity index is 2.69. The number of hydrogen-bond donors (Lipinski definition) is 1. The van der Waals surface area contributed by atoms with Gasteiger partial charge < -0.3 is 4.90 Å². The first-order valence-corrected chi connectivity index (χ1v) is 7.08. The Morgan fingerprint density at radius 1 is 1.38 bits per heavy atom. The first-order chi connectivity index (χ1) is 7.57. The molecule has 3 heteroatoms. The van der Waals surface area contributed by atoms with Gasteiger partial charge in [0.1, 0.15) is 0 Å². The average Bonchev–Trinajstić information content (AvgIpc) is 2.51. The summed E-state index contributed by atoms with van der Waals surface area (Å²) in [7, 11) is 0. The highest BCUT2D eigenvalue weighted by Crippen LogP contribution is 2.22. The van der Waals surface area contributed by atoms with Gasteiger partial charge in [-0.05, 0) is 25.2 Å². The van der Waals surface area contributed by atoms with Crippen LogP contribution in [-0.4, -0.2) is 28.6 Å². The van der Waals surface area contributed by atoms with Crippen LogP contribution in [0.2, 0.25) is 0 Å². The summed E-state index contributed by atoms with van der Waals surface area (Å²) in [6, 6.07) is 0.448. The van der Waals surface area contributed by atoms with Crippen LogP contribution in [0.15, 0.2) is 0 Å². The minimum Gasteiger partial charge on any atom is -0.339 e. The van der Waals surface area contributed by atoms with E-state index in [2.05, 4.69) is 38.3 Å². The maximum Gasteiger partial charge on any atom is 0.235 e. The van der Waals surface area contributed by atoms with Gasteiger partial charge in [0.05, 0.1) is 5.25 Å². The standard InChI is InChI=1S/C13H25NOS/c1-4-11-8-6-5-7-9-14(11)13(15)12(16)10(2)3/h10-12,16H,4-9H2,1-3H3. The number of thiol groups is 1. The maximum atomic E-state index is 12.3. The van der Waals surface area contributed by atoms with Crippen molar-refractivity contribution in [1.82, 2.24) is 4.90 Å². The molecule has 2 nitrogen and oxygen atoms in total. The number of nitrogens with zero attached hydrogens (tertiary/aromatic N) is 1. The van der Waals surface area contributed by atoms with Crippen molar-refractivity contribution in [2.45, 2.75) is 64.2 Å². The number of likely N-dealkylation sites (tertiary alicyclic amines) is 1. The molecule has 0 bridgehead atoms. The van der Waals surface area contributed by atoms with Crippen LogP contribution in [0.4, 0.5) is 0 Å². The van der Waals surface area contributed by atoms with E-state index in [1.165, 1.54) is 19.3 Å². The Morgan fingerprint density at radius 3 is 2.62 bits per heavy atom. The van der Waals surface area contributed by atoms with Crippen LogP contribution in [0.1, 0.15) is 52.9 Å². The Morgan fingerprint density at radius 2 is 2.06 bits per heavy atom. The second-order valence-corrected chi connectivity index (χ2v) is 5.69. The van der Waals surface area contributed by atoms with Crippen molar-refractivity contribution in [2.24, 2.45) is 5.92 Å². The van der Waals surface area contributed by atoms with Crippen molar-refractivity contribution in [3.63, 3.8) is 0 Å². The smallest absolute Gasteiger partial charge is 0.235 e. The van der Waals surface area contributed by atoms with Gasteiger partial charge in [0.2, 0.25) is 5.91 Å². The fourth-order valence-corrected chi connectivity index (χ4v) is 2.50. The molecular formula is C13H25NOS. The summed E-state index contributed by atoms with van der Waals surface area (Å²) < 4.78 is 0. The molecule has 0 aromatic heterocycles. The van der Waals surface area contributed by atoms with Gasteiger partial charge in [0.25, 0.3) is 0 Å². The molecule has 1 fully saturated rings. The number of hydrogen-bond acceptors (Lipinski definition) is 2. The number of carbonyl (C=O) groups excluding carboxylic acids is 1. The lowest BCUT2D eigenvalue weighted by Gasteiger charge is -2.32. The van der Waals surface area contributed by atoms with Crippen LogP contribution in [0.25, 0.3) is 0 Å². The van der Waals surface area contributed by atoms with Gasteiger partial charge in [-0.15, -0.1) is 0 Å². The second kappa shape index (κ2) is 6.53. The molecule has 0 spiro atoms. The van der Waals surface area contributed by atoms with E-state index in [1.807, 2.05) is 0 Å². The summed E-state index contributed by atoms with van der Waals surface area (Å²) in [6.07, 6.45) is 5.92. The number of carbonyl (C=O) groups is 1. The molecule has 16 heavy (non-hydrogen) atoms. The highest BCUT2D eigenvalue weighted by atomic mass is 32.1. The molecule has 1 aliphatic rings. The van der Waals surface area contributed by atoms with Crippen LogP contribution in [-0.2, 0) is 4.79 Å². The van der Waals surface area contributed by atoms with E-state index in [4.69, 9.17) is 0 Å². The van der Waals surface area contributed by atoms with Crippen molar-refractivity contribution in [3.8, 4) is 0 Å². The lowest BCUT2D eigenvalue weighted by Crippen LogP contribution is -2.45. The topological polar surface area (TPSA) is 20.3 Å². The van der Waals surface area contributed by atoms with Crippen molar-refractivity contribution in [1.29, 1.82) is 0 Å². The van der Waals surface area contributed by atoms with Gasteiger partial charge in [-0.3, -0.25) is 4.79 Å². The normalized spacial score (nSPS) is 24.3. The van der Waals surface area contributed by atoms with Gasteiger partial charge in [0.15, 0.2) is 0 Å². The van der Waals surface area contributed by atoms with Gasteiger partial charge in [-0.1, -0.05) is 33.6 Å². The minimum absolute atomic E-state index is 0.132. The van der Waals surface area contributed by atoms with E-state index in [9.17, 15) is 4.79 Å². The molecule has 2 atom stereocenters. The Labute approximate surface area is 105 Å². The molecule has 0 aliphatic carbocycles. The zero-order valence-corrected chi connectivity index (χ0v) is 11.7. The van der Waals surface area contributed by atoms with Gasteiger partial charge in [-0.2, -0.15) is 12.6 Å². The monoisotopic (exact) mass is 243 g/mol. The molecule has 0 aromatic rings. The summed E-state index contributed by atoms with van der Waals surface area (Å²) in [5, 5.41) is -0.132. The fourth-order valence-electron chi connectivity index (χ4n) is 2.35. The molecule has 1 amide bonds. The summed E-state index contributed by atoms with van der Waals surface area (Å²) in [6.45, 7) is 7.24.